The van der Waals surface area contributed by atoms with Crippen molar-refractivity contribution >= 4 is 21.6 Å². The van der Waals surface area contributed by atoms with Crippen molar-refractivity contribution in [2.45, 2.75) is 31.9 Å². The summed E-state index contributed by atoms with van der Waals surface area (Å²) in [6.45, 7) is 4.01. The van der Waals surface area contributed by atoms with E-state index < -0.39 is 15.9 Å². The van der Waals surface area contributed by atoms with Crippen LogP contribution in [0.15, 0.2) is 24.3 Å². The molecule has 7 nitrogen and oxygen atoms in total. The number of hydrogen-bond acceptors (Lipinski definition) is 5. The Labute approximate surface area is 154 Å². The summed E-state index contributed by atoms with van der Waals surface area (Å²) < 4.78 is 23.5. The number of rotatable bonds is 4. The molecule has 2 saturated heterocycles. The second kappa shape index (κ2) is 7.94. The maximum atomic E-state index is 12.1. The lowest BCUT2D eigenvalue weighted by atomic mass is 9.96. The minimum absolute atomic E-state index is 0.0300. The molecule has 3 rings (SSSR count). The van der Waals surface area contributed by atoms with Gasteiger partial charge in [0, 0.05) is 18.8 Å². The number of urea groups is 1. The van der Waals surface area contributed by atoms with Crippen LogP contribution in [0.2, 0.25) is 0 Å². The molecule has 0 bridgehead atoms. The van der Waals surface area contributed by atoms with E-state index in [1.165, 1.54) is 0 Å². The van der Waals surface area contributed by atoms with Gasteiger partial charge < -0.3 is 15.7 Å². The maximum Gasteiger partial charge on any atom is 0.319 e. The minimum Gasteiger partial charge on any atom is -0.390 e. The fourth-order valence-electron chi connectivity index (χ4n) is 3.77. The molecular formula is C18H27N3O4S. The number of benzene rings is 1. The van der Waals surface area contributed by atoms with E-state index in [0.29, 0.717) is 13.1 Å². The third kappa shape index (κ3) is 4.96. The Morgan fingerprint density at radius 2 is 2.00 bits per heavy atom. The summed E-state index contributed by atoms with van der Waals surface area (Å²) in [5.74, 6) is 0.140. The molecule has 144 valence electrons. The number of nitrogens with zero attached hydrogens (tertiary/aromatic N) is 1. The summed E-state index contributed by atoms with van der Waals surface area (Å²) in [5.41, 5.74) is 1.88. The van der Waals surface area contributed by atoms with Gasteiger partial charge in [-0.3, -0.25) is 4.90 Å². The second-order valence-electron chi connectivity index (χ2n) is 7.42. The Hall–Kier alpha value is -1.64. The monoisotopic (exact) mass is 381 g/mol. The predicted octanol–water partition coefficient (Wildman–Crippen LogP) is 0.986. The van der Waals surface area contributed by atoms with Gasteiger partial charge in [-0.1, -0.05) is 17.7 Å². The molecule has 8 heteroatoms. The van der Waals surface area contributed by atoms with Crippen molar-refractivity contribution in [3.8, 4) is 0 Å². The van der Waals surface area contributed by atoms with Gasteiger partial charge in [-0.05, 0) is 44.4 Å². The van der Waals surface area contributed by atoms with Crippen molar-refractivity contribution in [1.82, 2.24) is 10.2 Å². The topological polar surface area (TPSA) is 98.7 Å². The molecule has 0 radical (unpaired) electrons. The normalized spacial score (nSPS) is 28.6. The Morgan fingerprint density at radius 1 is 1.27 bits per heavy atom. The number of aliphatic hydroxyl groups is 1. The van der Waals surface area contributed by atoms with Crippen molar-refractivity contribution in [1.29, 1.82) is 0 Å². The van der Waals surface area contributed by atoms with Crippen molar-refractivity contribution in [3.05, 3.63) is 29.8 Å². The summed E-state index contributed by atoms with van der Waals surface area (Å²) in [7, 11) is -3.15. The van der Waals surface area contributed by atoms with E-state index in [1.54, 1.807) is 0 Å². The lowest BCUT2D eigenvalue weighted by molar-refractivity contribution is 0.0539. The van der Waals surface area contributed by atoms with E-state index in [2.05, 4.69) is 15.5 Å². The average Bonchev–Trinajstić information content (AvgIpc) is 2.88. The first kappa shape index (κ1) is 19.1. The molecule has 0 spiro atoms. The second-order valence-corrected chi connectivity index (χ2v) is 9.57. The number of anilines is 1. The fraction of sp³-hybridized carbons (Fsp3) is 0.611. The van der Waals surface area contributed by atoms with E-state index in [1.807, 2.05) is 31.2 Å². The molecule has 2 heterocycles. The zero-order valence-electron chi connectivity index (χ0n) is 15.0. The molecular weight excluding hydrogens is 354 g/mol. The number of sulfone groups is 1. The van der Waals surface area contributed by atoms with Crippen LogP contribution in [0.3, 0.4) is 0 Å². The van der Waals surface area contributed by atoms with Crippen LogP contribution in [0.4, 0.5) is 10.5 Å². The van der Waals surface area contributed by atoms with E-state index in [4.69, 9.17) is 0 Å². The Kier molecular flexibility index (Phi) is 5.84. The minimum atomic E-state index is -3.15. The number of hydrogen-bond donors (Lipinski definition) is 3. The van der Waals surface area contributed by atoms with Crippen LogP contribution in [-0.2, 0) is 9.84 Å². The lowest BCUT2D eigenvalue weighted by Gasteiger charge is -2.37. The number of likely N-dealkylation sites (tertiary alicyclic amines) is 1. The first-order valence-corrected chi connectivity index (χ1v) is 10.9. The van der Waals surface area contributed by atoms with Crippen molar-refractivity contribution in [2.24, 2.45) is 5.92 Å². The number of carbonyl (C=O) groups is 1. The van der Waals surface area contributed by atoms with Crippen LogP contribution in [0.25, 0.3) is 0 Å². The zero-order valence-corrected chi connectivity index (χ0v) is 15.8. The van der Waals surface area contributed by atoms with E-state index in [0.717, 1.165) is 30.6 Å². The third-order valence-electron chi connectivity index (χ3n) is 5.17. The number of aliphatic hydroxyl groups excluding tert-OH is 1. The Balaban J connectivity index is 1.48. The van der Waals surface area contributed by atoms with Gasteiger partial charge in [0.25, 0.3) is 0 Å². The molecule has 0 aromatic heterocycles. The highest BCUT2D eigenvalue weighted by Gasteiger charge is 2.41. The average molecular weight is 381 g/mol. The first-order valence-electron chi connectivity index (χ1n) is 9.06. The van der Waals surface area contributed by atoms with Gasteiger partial charge in [-0.15, -0.1) is 0 Å². The van der Waals surface area contributed by atoms with Gasteiger partial charge in [-0.25, -0.2) is 13.2 Å². The molecule has 2 fully saturated rings. The zero-order chi connectivity index (χ0) is 18.7. The van der Waals surface area contributed by atoms with Gasteiger partial charge in [0.1, 0.15) is 0 Å². The summed E-state index contributed by atoms with van der Waals surface area (Å²) in [6.07, 6.45) is 1.11. The Bertz CT molecular complexity index is 735. The molecule has 3 atom stereocenters. The molecule has 0 unspecified atom stereocenters. The summed E-state index contributed by atoms with van der Waals surface area (Å²) in [5, 5.41) is 15.8. The molecule has 0 aliphatic carbocycles. The van der Waals surface area contributed by atoms with Crippen LogP contribution in [0.1, 0.15) is 18.4 Å². The third-order valence-corrected chi connectivity index (χ3v) is 6.87. The van der Waals surface area contributed by atoms with Crippen LogP contribution < -0.4 is 10.6 Å². The van der Waals surface area contributed by atoms with Gasteiger partial charge >= 0.3 is 6.03 Å². The summed E-state index contributed by atoms with van der Waals surface area (Å²) in [4.78, 5) is 14.1. The van der Waals surface area contributed by atoms with Gasteiger partial charge in [-0.2, -0.15) is 0 Å². The molecule has 26 heavy (non-hydrogen) atoms. The molecule has 2 aliphatic rings. The largest absolute Gasteiger partial charge is 0.390 e. The maximum absolute atomic E-state index is 12.1. The standard InChI is InChI=1S/C18H27N3O4S/c1-13-4-6-15(7-5-13)20-18(23)19-9-14-3-2-8-21(10-14)16-11-26(24,25)12-17(16)22/h4-7,14,16-17,22H,2-3,8-12H2,1H3,(H2,19,20,23)/t14-,16+,17-/m1/s1. The number of nitrogens with one attached hydrogen (secondary N) is 2. The van der Waals surface area contributed by atoms with Gasteiger partial charge in [0.15, 0.2) is 9.84 Å². The fourth-order valence-corrected chi connectivity index (χ4v) is 5.61. The number of carbonyl (C=O) groups excluding carboxylic acids is 1. The number of aryl methyl sites for hydroxylation is 1. The van der Waals surface area contributed by atoms with E-state index >= 15 is 0 Å². The van der Waals surface area contributed by atoms with E-state index in [9.17, 15) is 18.3 Å². The highest BCUT2D eigenvalue weighted by atomic mass is 32.2. The van der Waals surface area contributed by atoms with Gasteiger partial charge in [0.2, 0.25) is 0 Å². The summed E-state index contributed by atoms with van der Waals surface area (Å²) >= 11 is 0. The van der Waals surface area contributed by atoms with Crippen LogP contribution in [0, 0.1) is 12.8 Å². The highest BCUT2D eigenvalue weighted by Crippen LogP contribution is 2.24. The quantitative estimate of drug-likeness (QED) is 0.722. The molecule has 1 aromatic rings. The molecule has 2 amide bonds. The van der Waals surface area contributed by atoms with E-state index in [-0.39, 0.29) is 29.5 Å². The molecule has 2 aliphatic heterocycles. The van der Waals surface area contributed by atoms with Crippen LogP contribution in [-0.4, -0.2) is 67.7 Å². The summed E-state index contributed by atoms with van der Waals surface area (Å²) in [6, 6.07) is 7.04. The van der Waals surface area contributed by atoms with Gasteiger partial charge in [0.05, 0.1) is 23.7 Å². The first-order chi connectivity index (χ1) is 12.3. The van der Waals surface area contributed by atoms with Crippen molar-refractivity contribution in [3.63, 3.8) is 0 Å². The van der Waals surface area contributed by atoms with Crippen molar-refractivity contribution in [2.75, 3.05) is 36.5 Å². The number of amides is 2. The molecule has 1 aromatic carbocycles. The van der Waals surface area contributed by atoms with Crippen LogP contribution in [0.5, 0.6) is 0 Å². The smallest absolute Gasteiger partial charge is 0.319 e. The van der Waals surface area contributed by atoms with Crippen molar-refractivity contribution < 1.29 is 18.3 Å². The molecule has 3 N–H and O–H groups in total. The predicted molar refractivity (Wildman–Crippen MR) is 101 cm³/mol. The molecule has 0 saturated carbocycles. The Morgan fingerprint density at radius 3 is 2.65 bits per heavy atom. The SMILES string of the molecule is Cc1ccc(NC(=O)NC[C@H]2CCCN([C@H]3CS(=O)(=O)C[C@H]3O)C2)cc1. The van der Waals surface area contributed by atoms with Crippen LogP contribution >= 0.6 is 0 Å². The number of piperidine rings is 1. The highest BCUT2D eigenvalue weighted by molar-refractivity contribution is 7.91. The lowest BCUT2D eigenvalue weighted by Crippen LogP contribution is -2.50.